The van der Waals surface area contributed by atoms with Crippen LogP contribution in [-0.4, -0.2) is 47.2 Å². The lowest BCUT2D eigenvalue weighted by Gasteiger charge is -2.19. The minimum atomic E-state index is -4.91. The summed E-state index contributed by atoms with van der Waals surface area (Å²) in [7, 11) is 0. The molecule has 0 aromatic rings. The number of nitrogens with zero attached hydrogens (tertiary/aromatic N) is 1. The Kier molecular flexibility index (Phi) is 3.41. The van der Waals surface area contributed by atoms with Crippen LogP contribution in [0.15, 0.2) is 0 Å². The molecule has 2 unspecified atom stereocenters. The Balaban J connectivity index is 2.60. The topological polar surface area (TPSA) is 83.6 Å². The van der Waals surface area contributed by atoms with Crippen molar-refractivity contribution in [2.45, 2.75) is 18.6 Å². The molecule has 8 heteroatoms. The SMILES string of the molecule is NC(C(=O)O)C1CCN(C(=O)C(F)(F)F)C1. The third-order valence-corrected chi connectivity index (χ3v) is 2.55. The molecule has 16 heavy (non-hydrogen) atoms. The second-order valence-electron chi connectivity index (χ2n) is 3.66. The first-order valence-corrected chi connectivity index (χ1v) is 4.58. The fraction of sp³-hybridized carbons (Fsp3) is 0.750. The molecular formula is C8H11F3N2O3. The Morgan fingerprint density at radius 3 is 2.44 bits per heavy atom. The van der Waals surface area contributed by atoms with Crippen molar-refractivity contribution >= 4 is 11.9 Å². The number of halogens is 3. The van der Waals surface area contributed by atoms with Crippen LogP contribution < -0.4 is 5.73 Å². The molecule has 1 aliphatic rings. The maximum Gasteiger partial charge on any atom is 0.471 e. The number of hydrogen-bond donors (Lipinski definition) is 2. The van der Waals surface area contributed by atoms with E-state index in [-0.39, 0.29) is 19.5 Å². The largest absolute Gasteiger partial charge is 0.480 e. The van der Waals surface area contributed by atoms with Crippen molar-refractivity contribution in [2.24, 2.45) is 11.7 Å². The molecule has 2 atom stereocenters. The molecule has 1 aliphatic heterocycles. The minimum absolute atomic E-state index is 0.107. The van der Waals surface area contributed by atoms with E-state index in [1.165, 1.54) is 0 Å². The molecule has 0 saturated carbocycles. The van der Waals surface area contributed by atoms with Crippen LogP contribution in [0.1, 0.15) is 6.42 Å². The molecule has 0 aromatic heterocycles. The number of amides is 1. The highest BCUT2D eigenvalue weighted by atomic mass is 19.4. The van der Waals surface area contributed by atoms with Crippen molar-refractivity contribution in [3.63, 3.8) is 0 Å². The van der Waals surface area contributed by atoms with Crippen molar-refractivity contribution in [1.82, 2.24) is 4.90 Å². The Labute approximate surface area is 89.0 Å². The zero-order valence-electron chi connectivity index (χ0n) is 8.20. The third-order valence-electron chi connectivity index (χ3n) is 2.55. The molecule has 1 fully saturated rings. The van der Waals surface area contributed by atoms with E-state index in [0.717, 1.165) is 0 Å². The van der Waals surface area contributed by atoms with Crippen molar-refractivity contribution in [2.75, 3.05) is 13.1 Å². The number of nitrogens with two attached hydrogens (primary N) is 1. The van der Waals surface area contributed by atoms with Crippen LogP contribution in [0.5, 0.6) is 0 Å². The Bertz CT molecular complexity index is 305. The summed E-state index contributed by atoms with van der Waals surface area (Å²) in [5.74, 6) is -3.83. The molecule has 5 nitrogen and oxygen atoms in total. The molecule has 3 N–H and O–H groups in total. The summed E-state index contributed by atoms with van der Waals surface area (Å²) in [5, 5.41) is 8.58. The van der Waals surface area contributed by atoms with Gasteiger partial charge >= 0.3 is 18.1 Å². The van der Waals surface area contributed by atoms with Crippen LogP contribution in [0.3, 0.4) is 0 Å². The van der Waals surface area contributed by atoms with Gasteiger partial charge in [-0.05, 0) is 6.42 Å². The average molecular weight is 240 g/mol. The van der Waals surface area contributed by atoms with Crippen LogP contribution in [0, 0.1) is 5.92 Å². The molecule has 0 aliphatic carbocycles. The zero-order chi connectivity index (χ0) is 12.5. The van der Waals surface area contributed by atoms with Gasteiger partial charge in [-0.25, -0.2) is 0 Å². The highest BCUT2D eigenvalue weighted by Crippen LogP contribution is 2.25. The average Bonchev–Trinajstić information content (AvgIpc) is 2.62. The summed E-state index contributed by atoms with van der Waals surface area (Å²) in [4.78, 5) is 21.9. The van der Waals surface area contributed by atoms with Gasteiger partial charge in [0.25, 0.3) is 0 Å². The number of alkyl halides is 3. The van der Waals surface area contributed by atoms with E-state index in [2.05, 4.69) is 0 Å². The molecule has 1 saturated heterocycles. The molecule has 1 heterocycles. The van der Waals surface area contributed by atoms with Gasteiger partial charge in [0.1, 0.15) is 6.04 Å². The second kappa shape index (κ2) is 4.28. The maximum atomic E-state index is 12.0. The number of aliphatic carboxylic acids is 1. The first kappa shape index (κ1) is 12.8. The van der Waals surface area contributed by atoms with Gasteiger partial charge < -0.3 is 15.7 Å². The van der Waals surface area contributed by atoms with Gasteiger partial charge in [0.05, 0.1) is 0 Å². The van der Waals surface area contributed by atoms with Crippen molar-refractivity contribution in [1.29, 1.82) is 0 Å². The van der Waals surface area contributed by atoms with Crippen LogP contribution in [0.2, 0.25) is 0 Å². The summed E-state index contributed by atoms with van der Waals surface area (Å²) in [5.41, 5.74) is 5.27. The number of carbonyl (C=O) groups is 2. The van der Waals surface area contributed by atoms with E-state index in [9.17, 15) is 22.8 Å². The molecule has 0 spiro atoms. The van der Waals surface area contributed by atoms with E-state index < -0.39 is 30.0 Å². The Morgan fingerprint density at radius 1 is 1.44 bits per heavy atom. The molecular weight excluding hydrogens is 229 g/mol. The number of carboxylic acids is 1. The van der Waals surface area contributed by atoms with Crippen LogP contribution in [0.25, 0.3) is 0 Å². The highest BCUT2D eigenvalue weighted by molar-refractivity contribution is 5.82. The normalized spacial score (nSPS) is 23.2. The fourth-order valence-electron chi connectivity index (χ4n) is 1.65. The first-order valence-electron chi connectivity index (χ1n) is 4.58. The van der Waals surface area contributed by atoms with E-state index >= 15 is 0 Å². The monoisotopic (exact) mass is 240 g/mol. The van der Waals surface area contributed by atoms with E-state index in [1.807, 2.05) is 0 Å². The smallest absolute Gasteiger partial charge is 0.471 e. The van der Waals surface area contributed by atoms with Crippen LogP contribution in [0.4, 0.5) is 13.2 Å². The number of rotatable bonds is 2. The molecule has 0 bridgehead atoms. The summed E-state index contributed by atoms with van der Waals surface area (Å²) in [6.07, 6.45) is -4.74. The van der Waals surface area contributed by atoms with Gasteiger partial charge in [0.2, 0.25) is 0 Å². The predicted molar refractivity (Wildman–Crippen MR) is 46.4 cm³/mol. The van der Waals surface area contributed by atoms with Crippen molar-refractivity contribution in [3.8, 4) is 0 Å². The van der Waals surface area contributed by atoms with E-state index in [4.69, 9.17) is 10.8 Å². The lowest BCUT2D eigenvalue weighted by Crippen LogP contribution is -2.43. The predicted octanol–water partition coefficient (Wildman–Crippen LogP) is -0.191. The zero-order valence-corrected chi connectivity index (χ0v) is 8.20. The van der Waals surface area contributed by atoms with Gasteiger partial charge in [-0.1, -0.05) is 0 Å². The summed E-state index contributed by atoms with van der Waals surface area (Å²) in [6, 6.07) is -1.23. The Hall–Kier alpha value is -1.31. The van der Waals surface area contributed by atoms with Gasteiger partial charge in [0, 0.05) is 19.0 Å². The molecule has 1 amide bonds. The lowest BCUT2D eigenvalue weighted by molar-refractivity contribution is -0.184. The third kappa shape index (κ3) is 2.63. The highest BCUT2D eigenvalue weighted by Gasteiger charge is 2.45. The molecule has 1 rings (SSSR count). The Morgan fingerprint density at radius 2 is 2.00 bits per heavy atom. The first-order chi connectivity index (χ1) is 7.23. The van der Waals surface area contributed by atoms with Crippen LogP contribution in [-0.2, 0) is 9.59 Å². The van der Waals surface area contributed by atoms with Crippen molar-refractivity contribution < 1.29 is 27.9 Å². The fourth-order valence-corrected chi connectivity index (χ4v) is 1.65. The van der Waals surface area contributed by atoms with Crippen molar-refractivity contribution in [3.05, 3.63) is 0 Å². The molecule has 0 aromatic carbocycles. The summed E-state index contributed by atoms with van der Waals surface area (Å²) >= 11 is 0. The van der Waals surface area contributed by atoms with E-state index in [1.54, 1.807) is 0 Å². The minimum Gasteiger partial charge on any atom is -0.480 e. The second-order valence-corrected chi connectivity index (χ2v) is 3.66. The lowest BCUT2D eigenvalue weighted by atomic mass is 10.0. The standard InChI is InChI=1S/C8H11F3N2O3/c9-8(10,11)7(16)13-2-1-4(3-13)5(12)6(14)15/h4-5H,1-3,12H2,(H,14,15). The van der Waals surface area contributed by atoms with Gasteiger partial charge in [0.15, 0.2) is 0 Å². The number of hydrogen-bond acceptors (Lipinski definition) is 3. The number of carbonyl (C=O) groups excluding carboxylic acids is 1. The number of likely N-dealkylation sites (tertiary alicyclic amines) is 1. The molecule has 92 valence electrons. The summed E-state index contributed by atoms with van der Waals surface area (Å²) < 4.78 is 36.1. The van der Waals surface area contributed by atoms with E-state index in [0.29, 0.717) is 4.90 Å². The maximum absolute atomic E-state index is 12.0. The van der Waals surface area contributed by atoms with Crippen LogP contribution >= 0.6 is 0 Å². The molecule has 0 radical (unpaired) electrons. The van der Waals surface area contributed by atoms with Gasteiger partial charge in [-0.15, -0.1) is 0 Å². The summed E-state index contributed by atoms with van der Waals surface area (Å²) in [6.45, 7) is -0.365. The van der Waals surface area contributed by atoms with Gasteiger partial charge in [-0.3, -0.25) is 9.59 Å². The number of carboxylic acid groups (broad SMARTS) is 1. The van der Waals surface area contributed by atoms with Gasteiger partial charge in [-0.2, -0.15) is 13.2 Å². The quantitative estimate of drug-likeness (QED) is 0.700.